The van der Waals surface area contributed by atoms with Crippen molar-refractivity contribution >= 4 is 17.5 Å². The Morgan fingerprint density at radius 2 is 1.59 bits per heavy atom. The van der Waals surface area contributed by atoms with Crippen molar-refractivity contribution in [2.45, 2.75) is 12.8 Å². The molecule has 4 rings (SSSR count). The SMILES string of the molecule is COc1ccc(CCN2CCN(C(=O)C3CC(=O)N(c4cc(OC)ccc4OC)C3)CC2)cc1. The molecule has 8 nitrogen and oxygen atoms in total. The molecule has 182 valence electrons. The number of rotatable bonds is 8. The molecule has 8 heteroatoms. The maximum absolute atomic E-state index is 13.2. The number of amides is 2. The summed E-state index contributed by atoms with van der Waals surface area (Å²) >= 11 is 0. The molecule has 0 aliphatic carbocycles. The maximum atomic E-state index is 13.2. The van der Waals surface area contributed by atoms with Gasteiger partial charge in [-0.25, -0.2) is 0 Å². The first-order chi connectivity index (χ1) is 16.5. The number of nitrogens with zero attached hydrogens (tertiary/aromatic N) is 3. The zero-order chi connectivity index (χ0) is 24.1. The van der Waals surface area contributed by atoms with Gasteiger partial charge in [0.2, 0.25) is 11.8 Å². The Morgan fingerprint density at radius 3 is 2.24 bits per heavy atom. The summed E-state index contributed by atoms with van der Waals surface area (Å²) < 4.78 is 16.0. The number of carbonyl (C=O) groups is 2. The molecule has 1 unspecified atom stereocenters. The lowest BCUT2D eigenvalue weighted by atomic mass is 10.1. The van der Waals surface area contributed by atoms with Gasteiger partial charge in [0.05, 0.1) is 32.9 Å². The molecule has 2 aromatic carbocycles. The van der Waals surface area contributed by atoms with Gasteiger partial charge >= 0.3 is 0 Å². The van der Waals surface area contributed by atoms with Crippen molar-refractivity contribution in [1.82, 2.24) is 9.80 Å². The van der Waals surface area contributed by atoms with E-state index in [9.17, 15) is 9.59 Å². The summed E-state index contributed by atoms with van der Waals surface area (Å²) in [6.45, 7) is 4.38. The highest BCUT2D eigenvalue weighted by Crippen LogP contribution is 2.36. The number of benzene rings is 2. The Balaban J connectivity index is 1.30. The van der Waals surface area contributed by atoms with E-state index >= 15 is 0 Å². The molecule has 0 N–H and O–H groups in total. The van der Waals surface area contributed by atoms with E-state index in [-0.39, 0.29) is 24.2 Å². The third kappa shape index (κ3) is 5.28. The largest absolute Gasteiger partial charge is 0.497 e. The van der Waals surface area contributed by atoms with Crippen LogP contribution in [0.15, 0.2) is 42.5 Å². The van der Waals surface area contributed by atoms with Gasteiger partial charge in [-0.15, -0.1) is 0 Å². The van der Waals surface area contributed by atoms with Gasteiger partial charge < -0.3 is 24.0 Å². The fraction of sp³-hybridized carbons (Fsp3) is 0.462. The van der Waals surface area contributed by atoms with Crippen LogP contribution in [0, 0.1) is 5.92 Å². The number of piperazine rings is 1. The van der Waals surface area contributed by atoms with Crippen LogP contribution in [0.2, 0.25) is 0 Å². The molecule has 2 aromatic rings. The van der Waals surface area contributed by atoms with Crippen molar-refractivity contribution in [3.05, 3.63) is 48.0 Å². The van der Waals surface area contributed by atoms with Gasteiger partial charge in [-0.3, -0.25) is 14.5 Å². The second kappa shape index (κ2) is 10.8. The highest BCUT2D eigenvalue weighted by molar-refractivity contribution is 6.01. The molecule has 2 saturated heterocycles. The van der Waals surface area contributed by atoms with Gasteiger partial charge in [0.1, 0.15) is 17.2 Å². The van der Waals surface area contributed by atoms with Crippen molar-refractivity contribution in [3.63, 3.8) is 0 Å². The normalized spacial score (nSPS) is 18.8. The first kappa shape index (κ1) is 23.9. The Morgan fingerprint density at radius 1 is 0.912 bits per heavy atom. The highest BCUT2D eigenvalue weighted by atomic mass is 16.5. The number of anilines is 1. The van der Waals surface area contributed by atoms with Crippen LogP contribution in [0.4, 0.5) is 5.69 Å². The predicted octanol–water partition coefficient (Wildman–Crippen LogP) is 2.45. The first-order valence-electron chi connectivity index (χ1n) is 11.7. The molecule has 2 aliphatic heterocycles. The lowest BCUT2D eigenvalue weighted by molar-refractivity contribution is -0.137. The standard InChI is InChI=1S/C26H33N3O5/c1-32-21-6-4-19(5-7-21)10-11-27-12-14-28(15-13-27)26(31)20-16-25(30)29(18-20)23-17-22(33-2)8-9-24(23)34-3/h4-9,17,20H,10-16,18H2,1-3H3. The van der Waals surface area contributed by atoms with Gasteiger partial charge in [0.15, 0.2) is 0 Å². The first-order valence-corrected chi connectivity index (χ1v) is 11.7. The van der Waals surface area contributed by atoms with Crippen LogP contribution in [-0.2, 0) is 16.0 Å². The summed E-state index contributed by atoms with van der Waals surface area (Å²) in [5.74, 6) is 1.76. The zero-order valence-corrected chi connectivity index (χ0v) is 20.2. The van der Waals surface area contributed by atoms with Crippen molar-refractivity contribution in [3.8, 4) is 17.2 Å². The second-order valence-electron chi connectivity index (χ2n) is 8.71. The van der Waals surface area contributed by atoms with E-state index in [0.29, 0.717) is 36.8 Å². The number of hydrogen-bond acceptors (Lipinski definition) is 6. The summed E-state index contributed by atoms with van der Waals surface area (Å²) in [5.41, 5.74) is 1.92. The summed E-state index contributed by atoms with van der Waals surface area (Å²) in [6, 6.07) is 13.5. The predicted molar refractivity (Wildman–Crippen MR) is 130 cm³/mol. The van der Waals surface area contributed by atoms with Gasteiger partial charge in [-0.2, -0.15) is 0 Å². The highest BCUT2D eigenvalue weighted by Gasteiger charge is 2.39. The summed E-state index contributed by atoms with van der Waals surface area (Å²) in [4.78, 5) is 32.0. The molecular weight excluding hydrogens is 434 g/mol. The molecule has 0 aromatic heterocycles. The van der Waals surface area contributed by atoms with Crippen LogP contribution in [0.1, 0.15) is 12.0 Å². The van der Waals surface area contributed by atoms with Crippen LogP contribution in [0.3, 0.4) is 0 Å². The summed E-state index contributed by atoms with van der Waals surface area (Å²) in [5, 5.41) is 0. The van der Waals surface area contributed by atoms with Gasteiger partial charge in [-0.05, 0) is 36.2 Å². The van der Waals surface area contributed by atoms with E-state index < -0.39 is 0 Å². The Labute approximate surface area is 201 Å². The number of methoxy groups -OCH3 is 3. The maximum Gasteiger partial charge on any atom is 0.228 e. The summed E-state index contributed by atoms with van der Waals surface area (Å²) in [7, 11) is 4.83. The van der Waals surface area contributed by atoms with E-state index in [2.05, 4.69) is 17.0 Å². The Kier molecular flexibility index (Phi) is 7.57. The molecule has 2 amide bonds. The molecule has 2 aliphatic rings. The molecule has 0 radical (unpaired) electrons. The van der Waals surface area contributed by atoms with Gasteiger partial charge in [0.25, 0.3) is 0 Å². The van der Waals surface area contributed by atoms with Crippen LogP contribution >= 0.6 is 0 Å². The number of ether oxygens (including phenoxy) is 3. The fourth-order valence-corrected chi connectivity index (χ4v) is 4.64. The molecule has 1 atom stereocenters. The van der Waals surface area contributed by atoms with Crippen LogP contribution in [0.5, 0.6) is 17.2 Å². The average molecular weight is 468 g/mol. The number of hydrogen-bond donors (Lipinski definition) is 0. The minimum Gasteiger partial charge on any atom is -0.497 e. The quantitative estimate of drug-likeness (QED) is 0.594. The van der Waals surface area contributed by atoms with Crippen LogP contribution < -0.4 is 19.1 Å². The van der Waals surface area contributed by atoms with Crippen molar-refractivity contribution < 1.29 is 23.8 Å². The molecule has 0 bridgehead atoms. The van der Waals surface area contributed by atoms with E-state index in [1.807, 2.05) is 17.0 Å². The van der Waals surface area contributed by atoms with E-state index in [1.165, 1.54) is 5.56 Å². The summed E-state index contributed by atoms with van der Waals surface area (Å²) in [6.07, 6.45) is 1.18. The molecule has 0 saturated carbocycles. The van der Waals surface area contributed by atoms with E-state index in [0.717, 1.165) is 31.8 Å². The lowest BCUT2D eigenvalue weighted by Gasteiger charge is -2.36. The Hall–Kier alpha value is -3.26. The van der Waals surface area contributed by atoms with Crippen LogP contribution in [-0.4, -0.2) is 82.2 Å². The molecule has 2 fully saturated rings. The molecule has 0 spiro atoms. The second-order valence-corrected chi connectivity index (χ2v) is 8.71. The minimum atomic E-state index is -0.339. The third-order valence-corrected chi connectivity index (χ3v) is 6.71. The topological polar surface area (TPSA) is 71.6 Å². The minimum absolute atomic E-state index is 0.0625. The smallest absolute Gasteiger partial charge is 0.228 e. The third-order valence-electron chi connectivity index (χ3n) is 6.71. The van der Waals surface area contributed by atoms with Crippen molar-refractivity contribution in [2.75, 3.05) is 65.5 Å². The molecule has 2 heterocycles. The monoisotopic (exact) mass is 467 g/mol. The van der Waals surface area contributed by atoms with Crippen molar-refractivity contribution in [1.29, 1.82) is 0 Å². The zero-order valence-electron chi connectivity index (χ0n) is 20.2. The average Bonchev–Trinajstić information content (AvgIpc) is 3.28. The van der Waals surface area contributed by atoms with Crippen LogP contribution in [0.25, 0.3) is 0 Å². The van der Waals surface area contributed by atoms with E-state index in [4.69, 9.17) is 14.2 Å². The molecule has 34 heavy (non-hydrogen) atoms. The molecular formula is C26H33N3O5. The van der Waals surface area contributed by atoms with E-state index in [1.54, 1.807) is 44.4 Å². The fourth-order valence-electron chi connectivity index (χ4n) is 4.64. The lowest BCUT2D eigenvalue weighted by Crippen LogP contribution is -2.51. The van der Waals surface area contributed by atoms with Crippen molar-refractivity contribution in [2.24, 2.45) is 5.92 Å². The number of carbonyl (C=O) groups excluding carboxylic acids is 2. The van der Waals surface area contributed by atoms with Gasteiger partial charge in [0, 0.05) is 51.8 Å². The van der Waals surface area contributed by atoms with Gasteiger partial charge in [-0.1, -0.05) is 12.1 Å². The Bertz CT molecular complexity index is 1000.